The van der Waals surface area contributed by atoms with E-state index in [0.29, 0.717) is 28.6 Å². The Morgan fingerprint density at radius 3 is 2.78 bits per heavy atom. The Kier molecular flexibility index (Phi) is 4.32. The van der Waals surface area contributed by atoms with Gasteiger partial charge >= 0.3 is 0 Å². The predicted octanol–water partition coefficient (Wildman–Crippen LogP) is 2.14. The minimum atomic E-state index is -0.670. The number of hydrogen-bond donors (Lipinski definition) is 2. The van der Waals surface area contributed by atoms with Crippen LogP contribution in [-0.2, 0) is 0 Å². The van der Waals surface area contributed by atoms with Gasteiger partial charge in [0, 0.05) is 23.2 Å². The van der Waals surface area contributed by atoms with Crippen LogP contribution in [0.15, 0.2) is 12.1 Å². The van der Waals surface area contributed by atoms with E-state index < -0.39 is 6.10 Å². The van der Waals surface area contributed by atoms with Gasteiger partial charge < -0.3 is 19.9 Å². The molecule has 0 heterocycles. The number of nitrogens with one attached hydrogen (secondary N) is 1. The fourth-order valence-corrected chi connectivity index (χ4v) is 1.99. The molecule has 0 amide bonds. The van der Waals surface area contributed by atoms with Crippen molar-refractivity contribution in [3.63, 3.8) is 0 Å². The fraction of sp³-hybridized carbons (Fsp3) is 0.538. The maximum atomic E-state index is 10.1. The van der Waals surface area contributed by atoms with Gasteiger partial charge in [0.25, 0.3) is 0 Å². The van der Waals surface area contributed by atoms with Crippen molar-refractivity contribution in [3.8, 4) is 11.5 Å². The molecular formula is C13H18ClNO3. The Morgan fingerprint density at radius 2 is 2.22 bits per heavy atom. The summed E-state index contributed by atoms with van der Waals surface area (Å²) < 4.78 is 11.1. The maximum Gasteiger partial charge on any atom is 0.167 e. The van der Waals surface area contributed by atoms with E-state index in [4.69, 9.17) is 21.1 Å². The van der Waals surface area contributed by atoms with Crippen LogP contribution in [0.1, 0.15) is 24.5 Å². The molecule has 0 aliphatic heterocycles. The number of hydrogen-bond acceptors (Lipinski definition) is 4. The number of benzene rings is 1. The van der Waals surface area contributed by atoms with Crippen LogP contribution in [0.5, 0.6) is 11.5 Å². The van der Waals surface area contributed by atoms with Crippen LogP contribution < -0.4 is 14.8 Å². The standard InChI is InChI=1S/C13H18ClNO3/c1-15-7-11(16)10-5-8(14)6-12(17-2)13(10)18-9-3-4-9/h5-6,9,11,15-16H,3-4,7H2,1-2H3. The topological polar surface area (TPSA) is 50.7 Å². The maximum absolute atomic E-state index is 10.1. The average Bonchev–Trinajstić information content (AvgIpc) is 3.15. The lowest BCUT2D eigenvalue weighted by atomic mass is 10.1. The highest BCUT2D eigenvalue weighted by atomic mass is 35.5. The van der Waals surface area contributed by atoms with Crippen LogP contribution >= 0.6 is 11.6 Å². The van der Waals surface area contributed by atoms with Gasteiger partial charge in [-0.3, -0.25) is 0 Å². The molecule has 0 aromatic heterocycles. The molecule has 1 saturated carbocycles. The lowest BCUT2D eigenvalue weighted by Crippen LogP contribution is -2.18. The van der Waals surface area contributed by atoms with E-state index in [-0.39, 0.29) is 6.10 Å². The Balaban J connectivity index is 2.35. The van der Waals surface area contributed by atoms with Crippen molar-refractivity contribution in [1.29, 1.82) is 0 Å². The van der Waals surface area contributed by atoms with Gasteiger partial charge in [0.15, 0.2) is 11.5 Å². The molecule has 1 unspecified atom stereocenters. The molecule has 1 fully saturated rings. The molecule has 100 valence electrons. The second-order valence-corrected chi connectivity index (χ2v) is 4.85. The van der Waals surface area contributed by atoms with E-state index in [1.807, 2.05) is 0 Å². The molecule has 1 atom stereocenters. The minimum Gasteiger partial charge on any atom is -0.493 e. The second-order valence-electron chi connectivity index (χ2n) is 4.42. The molecule has 0 bridgehead atoms. The summed E-state index contributed by atoms with van der Waals surface area (Å²) in [7, 11) is 3.35. The van der Waals surface area contributed by atoms with Crippen molar-refractivity contribution in [3.05, 3.63) is 22.7 Å². The van der Waals surface area contributed by atoms with Gasteiger partial charge in [0.05, 0.1) is 19.3 Å². The first-order chi connectivity index (χ1) is 8.65. The molecular weight excluding hydrogens is 254 g/mol. The van der Waals surface area contributed by atoms with Crippen LogP contribution in [0.4, 0.5) is 0 Å². The van der Waals surface area contributed by atoms with Gasteiger partial charge in [-0.1, -0.05) is 11.6 Å². The normalized spacial score (nSPS) is 16.4. The summed E-state index contributed by atoms with van der Waals surface area (Å²) in [5.74, 6) is 1.17. The summed E-state index contributed by atoms with van der Waals surface area (Å²) in [5, 5.41) is 13.6. The van der Waals surface area contributed by atoms with Gasteiger partial charge in [-0.2, -0.15) is 0 Å². The molecule has 4 nitrogen and oxygen atoms in total. The first-order valence-electron chi connectivity index (χ1n) is 6.02. The number of halogens is 1. The summed E-state index contributed by atoms with van der Waals surface area (Å²) in [6.07, 6.45) is 1.66. The quantitative estimate of drug-likeness (QED) is 0.832. The molecule has 0 saturated heterocycles. The number of aliphatic hydroxyl groups is 1. The van der Waals surface area contributed by atoms with E-state index in [1.165, 1.54) is 0 Å². The Labute approximate surface area is 112 Å². The Hall–Kier alpha value is -0.970. The van der Waals surface area contributed by atoms with Crippen molar-refractivity contribution in [2.24, 2.45) is 0 Å². The zero-order valence-electron chi connectivity index (χ0n) is 10.6. The van der Waals surface area contributed by atoms with E-state index >= 15 is 0 Å². The average molecular weight is 272 g/mol. The fourth-order valence-electron chi connectivity index (χ4n) is 1.77. The van der Waals surface area contributed by atoms with Crippen LogP contribution in [0, 0.1) is 0 Å². The number of ether oxygens (including phenoxy) is 2. The SMILES string of the molecule is CNCC(O)c1cc(Cl)cc(OC)c1OC1CC1. The largest absolute Gasteiger partial charge is 0.493 e. The van der Waals surface area contributed by atoms with Gasteiger partial charge in [-0.25, -0.2) is 0 Å². The second kappa shape index (κ2) is 5.78. The van der Waals surface area contributed by atoms with E-state index in [0.717, 1.165) is 12.8 Å². The third-order valence-corrected chi connectivity index (χ3v) is 3.05. The monoisotopic (exact) mass is 271 g/mol. The van der Waals surface area contributed by atoms with E-state index in [1.54, 1.807) is 26.3 Å². The molecule has 1 aliphatic rings. The highest BCUT2D eigenvalue weighted by molar-refractivity contribution is 6.30. The lowest BCUT2D eigenvalue weighted by molar-refractivity contribution is 0.168. The Bertz CT molecular complexity index is 421. The molecule has 2 rings (SSSR count). The highest BCUT2D eigenvalue weighted by Crippen LogP contribution is 2.41. The van der Waals surface area contributed by atoms with E-state index in [2.05, 4.69) is 5.32 Å². The first-order valence-corrected chi connectivity index (χ1v) is 6.40. The molecule has 1 aliphatic carbocycles. The van der Waals surface area contributed by atoms with Crippen LogP contribution in [0.3, 0.4) is 0 Å². The molecule has 18 heavy (non-hydrogen) atoms. The summed E-state index contributed by atoms with van der Waals surface area (Å²) in [6, 6.07) is 3.43. The smallest absolute Gasteiger partial charge is 0.167 e. The van der Waals surface area contributed by atoms with Gasteiger partial charge in [0.2, 0.25) is 0 Å². The Morgan fingerprint density at radius 1 is 1.50 bits per heavy atom. The number of methoxy groups -OCH3 is 1. The minimum absolute atomic E-state index is 0.237. The van der Waals surface area contributed by atoms with Crippen LogP contribution in [0.25, 0.3) is 0 Å². The first kappa shape index (κ1) is 13.5. The zero-order chi connectivity index (χ0) is 13.1. The zero-order valence-corrected chi connectivity index (χ0v) is 11.3. The summed E-state index contributed by atoms with van der Waals surface area (Å²) in [5.41, 5.74) is 0.667. The number of likely N-dealkylation sites (N-methyl/N-ethyl adjacent to an activating group) is 1. The third kappa shape index (κ3) is 3.07. The van der Waals surface area contributed by atoms with Crippen molar-refractivity contribution in [2.45, 2.75) is 25.0 Å². The van der Waals surface area contributed by atoms with Gasteiger partial charge in [-0.05, 0) is 26.0 Å². The van der Waals surface area contributed by atoms with Crippen molar-refractivity contribution < 1.29 is 14.6 Å². The van der Waals surface area contributed by atoms with Gasteiger partial charge in [-0.15, -0.1) is 0 Å². The summed E-state index contributed by atoms with van der Waals surface area (Å²) in [4.78, 5) is 0. The van der Waals surface area contributed by atoms with E-state index in [9.17, 15) is 5.11 Å². The molecule has 2 N–H and O–H groups in total. The highest BCUT2D eigenvalue weighted by Gasteiger charge is 2.28. The van der Waals surface area contributed by atoms with Crippen molar-refractivity contribution in [1.82, 2.24) is 5.32 Å². The summed E-state index contributed by atoms with van der Waals surface area (Å²) >= 11 is 6.03. The van der Waals surface area contributed by atoms with Crippen molar-refractivity contribution in [2.75, 3.05) is 20.7 Å². The summed E-state index contributed by atoms with van der Waals surface area (Å²) in [6.45, 7) is 0.435. The van der Waals surface area contributed by atoms with Crippen molar-refractivity contribution >= 4 is 11.6 Å². The number of rotatable bonds is 6. The molecule has 1 aromatic carbocycles. The van der Waals surface area contributed by atoms with Crippen LogP contribution in [-0.4, -0.2) is 31.9 Å². The lowest BCUT2D eigenvalue weighted by Gasteiger charge is -2.19. The predicted molar refractivity (Wildman–Crippen MR) is 70.5 cm³/mol. The van der Waals surface area contributed by atoms with Crippen LogP contribution in [0.2, 0.25) is 5.02 Å². The molecule has 5 heteroatoms. The van der Waals surface area contributed by atoms with Gasteiger partial charge in [0.1, 0.15) is 0 Å². The third-order valence-electron chi connectivity index (χ3n) is 2.83. The molecule has 0 spiro atoms. The number of aliphatic hydroxyl groups excluding tert-OH is 1. The molecule has 0 radical (unpaired) electrons. The molecule has 1 aromatic rings.